The third-order valence-corrected chi connectivity index (χ3v) is 4.99. The van der Waals surface area contributed by atoms with Gasteiger partial charge in [0.15, 0.2) is 11.5 Å². The molecule has 0 radical (unpaired) electrons. The van der Waals surface area contributed by atoms with Gasteiger partial charge in [0.05, 0.1) is 18.6 Å². The first-order chi connectivity index (χ1) is 10.7. The maximum absolute atomic E-state index is 12.1. The zero-order valence-corrected chi connectivity index (χ0v) is 13.2. The normalized spacial score (nSPS) is 20.2. The van der Waals surface area contributed by atoms with Crippen LogP contribution in [0.2, 0.25) is 0 Å². The lowest BCUT2D eigenvalue weighted by atomic mass is 9.68. The third kappa shape index (κ3) is 2.55. The highest BCUT2D eigenvalue weighted by Gasteiger charge is 2.43. The molecule has 120 valence electrons. The van der Waals surface area contributed by atoms with Crippen molar-refractivity contribution in [2.75, 3.05) is 13.2 Å². The number of carbonyl (C=O) groups is 1. The van der Waals surface area contributed by atoms with Gasteiger partial charge < -0.3 is 14.6 Å². The number of fused-ring (bicyclic) bond motifs is 1. The van der Waals surface area contributed by atoms with Crippen LogP contribution in [0.25, 0.3) is 0 Å². The highest BCUT2D eigenvalue weighted by Crippen LogP contribution is 2.45. The number of carboxylic acid groups (broad SMARTS) is 1. The largest absolute Gasteiger partial charge is 0.490 e. The quantitative estimate of drug-likeness (QED) is 0.925. The van der Waals surface area contributed by atoms with E-state index in [1.807, 2.05) is 12.1 Å². The lowest BCUT2D eigenvalue weighted by Crippen LogP contribution is -2.38. The zero-order chi connectivity index (χ0) is 15.6. The first-order valence-electron chi connectivity index (χ1n) is 8.34. The topological polar surface area (TPSA) is 55.8 Å². The maximum Gasteiger partial charge on any atom is 0.314 e. The molecule has 1 aromatic rings. The number of hydrogen-bond acceptors (Lipinski definition) is 3. The Labute approximate surface area is 131 Å². The van der Waals surface area contributed by atoms with Crippen LogP contribution in [0.3, 0.4) is 0 Å². The van der Waals surface area contributed by atoms with Gasteiger partial charge >= 0.3 is 5.97 Å². The zero-order valence-electron chi connectivity index (χ0n) is 13.2. The van der Waals surface area contributed by atoms with Gasteiger partial charge in [-0.05, 0) is 42.5 Å². The molecular weight excluding hydrogens is 280 g/mol. The van der Waals surface area contributed by atoms with Crippen LogP contribution in [0.5, 0.6) is 11.5 Å². The van der Waals surface area contributed by atoms with Crippen LogP contribution in [0.15, 0.2) is 12.1 Å². The Morgan fingerprint density at radius 1 is 1.09 bits per heavy atom. The van der Waals surface area contributed by atoms with Gasteiger partial charge in [-0.25, -0.2) is 0 Å². The summed E-state index contributed by atoms with van der Waals surface area (Å²) in [4.78, 5) is 12.1. The first-order valence-corrected chi connectivity index (χ1v) is 8.34. The standard InChI is InChI=1S/C18H24O4/c1-2-13-11-15-16(22-10-6-9-21-15)12-14(13)18(17(19)20)7-4-3-5-8-18/h11-12H,2-10H2,1H3,(H,19,20). The Morgan fingerprint density at radius 2 is 1.73 bits per heavy atom. The highest BCUT2D eigenvalue weighted by molar-refractivity contribution is 5.82. The van der Waals surface area contributed by atoms with Crippen LogP contribution in [0.4, 0.5) is 0 Å². The molecule has 2 aliphatic rings. The number of rotatable bonds is 3. The Kier molecular flexibility index (Phi) is 4.27. The molecule has 1 saturated carbocycles. The highest BCUT2D eigenvalue weighted by atomic mass is 16.5. The van der Waals surface area contributed by atoms with E-state index in [2.05, 4.69) is 6.92 Å². The molecule has 0 amide bonds. The minimum atomic E-state index is -0.756. The Balaban J connectivity index is 2.11. The molecular formula is C18H24O4. The van der Waals surface area contributed by atoms with Gasteiger partial charge in [-0.3, -0.25) is 4.79 Å². The maximum atomic E-state index is 12.1. The summed E-state index contributed by atoms with van der Waals surface area (Å²) < 4.78 is 11.5. The molecule has 0 unspecified atom stereocenters. The lowest BCUT2D eigenvalue weighted by molar-refractivity contribution is -0.145. The molecule has 0 bridgehead atoms. The molecule has 0 aromatic heterocycles. The van der Waals surface area contributed by atoms with Gasteiger partial charge in [-0.1, -0.05) is 26.2 Å². The molecule has 3 rings (SSSR count). The van der Waals surface area contributed by atoms with E-state index in [1.165, 1.54) is 0 Å². The molecule has 1 aliphatic heterocycles. The van der Waals surface area contributed by atoms with Crippen molar-refractivity contribution >= 4 is 5.97 Å². The van der Waals surface area contributed by atoms with Gasteiger partial charge in [-0.2, -0.15) is 0 Å². The Hall–Kier alpha value is -1.71. The van der Waals surface area contributed by atoms with Crippen molar-refractivity contribution in [2.45, 2.75) is 57.3 Å². The Morgan fingerprint density at radius 3 is 2.32 bits per heavy atom. The number of carboxylic acids is 1. The minimum absolute atomic E-state index is 0.623. The third-order valence-electron chi connectivity index (χ3n) is 4.99. The van der Waals surface area contributed by atoms with Crippen LogP contribution < -0.4 is 9.47 Å². The Bertz CT molecular complexity index is 558. The minimum Gasteiger partial charge on any atom is -0.490 e. The van der Waals surface area contributed by atoms with Crippen LogP contribution >= 0.6 is 0 Å². The van der Waals surface area contributed by atoms with Crippen molar-refractivity contribution in [1.29, 1.82) is 0 Å². The number of ether oxygens (including phenoxy) is 2. The summed E-state index contributed by atoms with van der Waals surface area (Å²) in [6.45, 7) is 3.35. The number of aliphatic carboxylic acids is 1. The summed E-state index contributed by atoms with van der Waals surface area (Å²) in [7, 11) is 0. The van der Waals surface area contributed by atoms with E-state index in [-0.39, 0.29) is 0 Å². The molecule has 0 atom stereocenters. The summed E-state index contributed by atoms with van der Waals surface area (Å²) in [5, 5.41) is 9.95. The van der Waals surface area contributed by atoms with Crippen molar-refractivity contribution in [1.82, 2.24) is 0 Å². The predicted molar refractivity (Wildman–Crippen MR) is 83.8 cm³/mol. The van der Waals surface area contributed by atoms with Crippen LogP contribution in [0.1, 0.15) is 56.6 Å². The average molecular weight is 304 g/mol. The SMILES string of the molecule is CCc1cc2c(cc1C1(C(=O)O)CCCCC1)OCCCO2. The number of aryl methyl sites for hydroxylation is 1. The fourth-order valence-corrected chi connectivity index (χ4v) is 3.74. The van der Waals surface area contributed by atoms with Gasteiger partial charge in [0.1, 0.15) is 0 Å². The molecule has 22 heavy (non-hydrogen) atoms. The molecule has 1 heterocycles. The first kappa shape index (κ1) is 15.2. The molecule has 1 aliphatic carbocycles. The second-order valence-corrected chi connectivity index (χ2v) is 6.31. The monoisotopic (exact) mass is 304 g/mol. The van der Waals surface area contributed by atoms with E-state index in [0.29, 0.717) is 19.0 Å². The van der Waals surface area contributed by atoms with Crippen molar-refractivity contribution in [3.8, 4) is 11.5 Å². The van der Waals surface area contributed by atoms with Gasteiger partial charge in [-0.15, -0.1) is 0 Å². The second kappa shape index (κ2) is 6.19. The number of benzene rings is 1. The second-order valence-electron chi connectivity index (χ2n) is 6.31. The molecule has 1 aromatic carbocycles. The van der Waals surface area contributed by atoms with Crippen LogP contribution in [-0.4, -0.2) is 24.3 Å². The lowest BCUT2D eigenvalue weighted by Gasteiger charge is -2.35. The molecule has 1 fully saturated rings. The fourth-order valence-electron chi connectivity index (χ4n) is 3.74. The molecule has 1 N–H and O–H groups in total. The van der Waals surface area contributed by atoms with Gasteiger partial charge in [0.2, 0.25) is 0 Å². The smallest absolute Gasteiger partial charge is 0.314 e. The summed E-state index contributed by atoms with van der Waals surface area (Å²) in [6, 6.07) is 3.94. The summed E-state index contributed by atoms with van der Waals surface area (Å²) in [5.41, 5.74) is 1.26. The molecule has 0 spiro atoms. The van der Waals surface area contributed by atoms with E-state index in [0.717, 1.165) is 61.8 Å². The molecule has 4 heteroatoms. The molecule has 0 saturated heterocycles. The number of hydrogen-bond donors (Lipinski definition) is 1. The predicted octanol–water partition coefficient (Wildman–Crippen LogP) is 3.70. The van der Waals surface area contributed by atoms with E-state index in [1.54, 1.807) is 0 Å². The van der Waals surface area contributed by atoms with E-state index < -0.39 is 11.4 Å². The summed E-state index contributed by atoms with van der Waals surface area (Å²) in [6.07, 6.45) is 6.18. The van der Waals surface area contributed by atoms with Crippen molar-refractivity contribution in [2.24, 2.45) is 0 Å². The van der Waals surface area contributed by atoms with Gasteiger partial charge in [0, 0.05) is 6.42 Å². The average Bonchev–Trinajstić information content (AvgIpc) is 2.78. The van der Waals surface area contributed by atoms with Crippen molar-refractivity contribution in [3.05, 3.63) is 23.3 Å². The molecule has 4 nitrogen and oxygen atoms in total. The van der Waals surface area contributed by atoms with Crippen LogP contribution in [-0.2, 0) is 16.6 Å². The van der Waals surface area contributed by atoms with Crippen LogP contribution in [0, 0.1) is 0 Å². The van der Waals surface area contributed by atoms with E-state index in [4.69, 9.17) is 9.47 Å². The van der Waals surface area contributed by atoms with E-state index >= 15 is 0 Å². The summed E-state index contributed by atoms with van der Waals surface area (Å²) >= 11 is 0. The van der Waals surface area contributed by atoms with E-state index in [9.17, 15) is 9.90 Å². The van der Waals surface area contributed by atoms with Crippen molar-refractivity contribution in [3.63, 3.8) is 0 Å². The fraction of sp³-hybridized carbons (Fsp3) is 0.611. The van der Waals surface area contributed by atoms with Gasteiger partial charge in [0.25, 0.3) is 0 Å². The summed E-state index contributed by atoms with van der Waals surface area (Å²) in [5.74, 6) is 0.765. The van der Waals surface area contributed by atoms with Crippen molar-refractivity contribution < 1.29 is 19.4 Å².